The molecule has 3 rings (SSSR count). The van der Waals surface area contributed by atoms with Crippen LogP contribution < -0.4 is 5.32 Å². The van der Waals surface area contributed by atoms with Gasteiger partial charge in [-0.05, 0) is 49.7 Å². The van der Waals surface area contributed by atoms with Crippen molar-refractivity contribution in [1.82, 2.24) is 4.57 Å². The highest BCUT2D eigenvalue weighted by Gasteiger charge is 2.34. The number of halogens is 4. The van der Waals surface area contributed by atoms with Crippen LogP contribution in [0.15, 0.2) is 42.5 Å². The van der Waals surface area contributed by atoms with E-state index in [0.717, 1.165) is 17.0 Å². The third-order valence-corrected chi connectivity index (χ3v) is 4.53. The molecule has 0 saturated heterocycles. The Morgan fingerprint density at radius 1 is 1.19 bits per heavy atom. The van der Waals surface area contributed by atoms with Gasteiger partial charge in [0.05, 0.1) is 11.3 Å². The molecule has 0 aliphatic heterocycles. The van der Waals surface area contributed by atoms with Gasteiger partial charge < -0.3 is 9.88 Å². The predicted molar refractivity (Wildman–Crippen MR) is 96.8 cm³/mol. The first-order valence-electron chi connectivity index (χ1n) is 8.00. The first-order valence-corrected chi connectivity index (χ1v) is 8.37. The van der Waals surface area contributed by atoms with Gasteiger partial charge in [0.15, 0.2) is 0 Å². The molecule has 0 spiro atoms. The molecule has 0 aliphatic rings. The van der Waals surface area contributed by atoms with Gasteiger partial charge in [-0.3, -0.25) is 4.79 Å². The summed E-state index contributed by atoms with van der Waals surface area (Å²) in [5.41, 5.74) is 0.653. The van der Waals surface area contributed by atoms with E-state index in [4.69, 9.17) is 11.6 Å². The van der Waals surface area contributed by atoms with Gasteiger partial charge in [0.25, 0.3) is 5.91 Å². The molecule has 1 aromatic heterocycles. The Hall–Kier alpha value is -2.47. The summed E-state index contributed by atoms with van der Waals surface area (Å²) in [6, 6.07) is 10.2. The van der Waals surface area contributed by atoms with Crippen LogP contribution >= 0.6 is 11.6 Å². The highest BCUT2D eigenvalue weighted by atomic mass is 35.5. The molecular weight excluding hydrogens is 365 g/mol. The van der Waals surface area contributed by atoms with Gasteiger partial charge in [0.1, 0.15) is 5.69 Å². The number of aromatic nitrogens is 1. The fourth-order valence-corrected chi connectivity index (χ4v) is 3.31. The van der Waals surface area contributed by atoms with Crippen molar-refractivity contribution in [2.45, 2.75) is 26.6 Å². The van der Waals surface area contributed by atoms with Crippen molar-refractivity contribution < 1.29 is 18.0 Å². The Balaban J connectivity index is 2.09. The fourth-order valence-electron chi connectivity index (χ4n) is 3.14. The number of hydrogen-bond donors (Lipinski definition) is 1. The molecule has 7 heteroatoms. The van der Waals surface area contributed by atoms with Crippen LogP contribution in [-0.2, 0) is 12.7 Å². The molecule has 0 aliphatic carbocycles. The topological polar surface area (TPSA) is 34.0 Å². The Morgan fingerprint density at radius 3 is 2.54 bits per heavy atom. The van der Waals surface area contributed by atoms with E-state index in [1.807, 2.05) is 6.92 Å². The molecular formula is C19H16ClF3N2O. The first kappa shape index (κ1) is 18.3. The number of amides is 1. The van der Waals surface area contributed by atoms with E-state index in [1.165, 1.54) is 18.2 Å². The summed E-state index contributed by atoms with van der Waals surface area (Å²) in [6.07, 6.45) is -4.55. The maximum absolute atomic E-state index is 13.2. The molecule has 26 heavy (non-hydrogen) atoms. The summed E-state index contributed by atoms with van der Waals surface area (Å²) in [7, 11) is 0. The maximum Gasteiger partial charge on any atom is 0.418 e. The van der Waals surface area contributed by atoms with E-state index in [2.05, 4.69) is 5.32 Å². The van der Waals surface area contributed by atoms with Crippen LogP contribution in [-0.4, -0.2) is 10.5 Å². The zero-order valence-electron chi connectivity index (χ0n) is 14.1. The number of carbonyl (C=O) groups is 1. The van der Waals surface area contributed by atoms with Crippen LogP contribution in [0.3, 0.4) is 0 Å². The highest BCUT2D eigenvalue weighted by Crippen LogP contribution is 2.35. The summed E-state index contributed by atoms with van der Waals surface area (Å²) < 4.78 is 41.3. The summed E-state index contributed by atoms with van der Waals surface area (Å²) in [5.74, 6) is -0.589. The Morgan fingerprint density at radius 2 is 1.88 bits per heavy atom. The molecule has 0 bridgehead atoms. The van der Waals surface area contributed by atoms with Crippen molar-refractivity contribution >= 4 is 34.1 Å². The quantitative estimate of drug-likeness (QED) is 0.603. The molecule has 1 amide bonds. The highest BCUT2D eigenvalue weighted by molar-refractivity contribution is 6.31. The molecule has 0 saturated carbocycles. The second kappa shape index (κ2) is 6.68. The molecule has 0 radical (unpaired) electrons. The van der Waals surface area contributed by atoms with Crippen molar-refractivity contribution in [1.29, 1.82) is 0 Å². The van der Waals surface area contributed by atoms with Crippen LogP contribution in [0.25, 0.3) is 10.9 Å². The largest absolute Gasteiger partial charge is 0.418 e. The number of nitrogens with one attached hydrogen (secondary N) is 1. The number of anilines is 1. The lowest BCUT2D eigenvalue weighted by atomic mass is 10.1. The van der Waals surface area contributed by atoms with E-state index < -0.39 is 17.6 Å². The van der Waals surface area contributed by atoms with Crippen LogP contribution in [0.5, 0.6) is 0 Å². The molecule has 1 N–H and O–H groups in total. The van der Waals surface area contributed by atoms with E-state index in [0.29, 0.717) is 22.8 Å². The summed E-state index contributed by atoms with van der Waals surface area (Å²) in [6.45, 7) is 4.12. The van der Waals surface area contributed by atoms with E-state index in [-0.39, 0.29) is 5.69 Å². The molecule has 2 aromatic carbocycles. The minimum Gasteiger partial charge on any atom is -0.337 e. The zero-order valence-corrected chi connectivity index (χ0v) is 14.9. The first-order chi connectivity index (χ1) is 12.2. The SMILES string of the molecule is CCn1c(C(=O)Nc2ccccc2C(F)(F)F)c(C)c2cc(Cl)ccc21. The lowest BCUT2D eigenvalue weighted by Crippen LogP contribution is -2.20. The van der Waals surface area contributed by atoms with Gasteiger partial charge in [-0.1, -0.05) is 23.7 Å². The number of aryl methyl sites for hydroxylation is 2. The van der Waals surface area contributed by atoms with E-state index in [9.17, 15) is 18.0 Å². The van der Waals surface area contributed by atoms with Crippen molar-refractivity contribution in [3.05, 3.63) is 64.3 Å². The third-order valence-electron chi connectivity index (χ3n) is 4.29. The number of alkyl halides is 3. The number of nitrogens with zero attached hydrogens (tertiary/aromatic N) is 1. The second-order valence-corrected chi connectivity index (χ2v) is 6.31. The number of rotatable bonds is 3. The lowest BCUT2D eigenvalue weighted by molar-refractivity contribution is -0.136. The van der Waals surface area contributed by atoms with E-state index in [1.54, 1.807) is 29.7 Å². The lowest BCUT2D eigenvalue weighted by Gasteiger charge is -2.15. The number of fused-ring (bicyclic) bond motifs is 1. The summed E-state index contributed by atoms with van der Waals surface area (Å²) >= 11 is 6.04. The smallest absolute Gasteiger partial charge is 0.337 e. The number of hydrogen-bond acceptors (Lipinski definition) is 1. The van der Waals surface area contributed by atoms with Crippen molar-refractivity contribution in [2.24, 2.45) is 0 Å². The normalized spacial score (nSPS) is 11.8. The van der Waals surface area contributed by atoms with Gasteiger partial charge >= 0.3 is 6.18 Å². The Labute approximate surface area is 153 Å². The van der Waals surface area contributed by atoms with Crippen LogP contribution in [0, 0.1) is 6.92 Å². The molecule has 0 atom stereocenters. The van der Waals surface area contributed by atoms with Gasteiger partial charge in [-0.15, -0.1) is 0 Å². The number of carbonyl (C=O) groups excluding carboxylic acids is 1. The third kappa shape index (κ3) is 3.17. The van der Waals surface area contributed by atoms with Gasteiger partial charge in [-0.2, -0.15) is 13.2 Å². The summed E-state index contributed by atoms with van der Waals surface area (Å²) in [4.78, 5) is 12.8. The monoisotopic (exact) mass is 380 g/mol. The average molecular weight is 381 g/mol. The van der Waals surface area contributed by atoms with Crippen LogP contribution in [0.4, 0.5) is 18.9 Å². The predicted octanol–water partition coefficient (Wildman–Crippen LogP) is 5.89. The maximum atomic E-state index is 13.2. The van der Waals surface area contributed by atoms with Crippen LogP contribution in [0.1, 0.15) is 28.5 Å². The van der Waals surface area contributed by atoms with Gasteiger partial charge in [-0.25, -0.2) is 0 Å². The van der Waals surface area contributed by atoms with E-state index >= 15 is 0 Å². The molecule has 0 unspecified atom stereocenters. The minimum absolute atomic E-state index is 0.268. The number of benzene rings is 2. The van der Waals surface area contributed by atoms with Gasteiger partial charge in [0.2, 0.25) is 0 Å². The Bertz CT molecular complexity index is 992. The second-order valence-electron chi connectivity index (χ2n) is 5.88. The molecule has 3 nitrogen and oxygen atoms in total. The fraction of sp³-hybridized carbons (Fsp3) is 0.211. The van der Waals surface area contributed by atoms with Gasteiger partial charge in [0, 0.05) is 22.5 Å². The van der Waals surface area contributed by atoms with Crippen molar-refractivity contribution in [3.8, 4) is 0 Å². The number of para-hydroxylation sites is 1. The standard InChI is InChI=1S/C19H16ClF3N2O/c1-3-25-16-9-8-12(20)10-13(16)11(2)17(25)18(26)24-15-7-5-4-6-14(15)19(21,22)23/h4-10H,3H2,1-2H3,(H,24,26). The average Bonchev–Trinajstić information content (AvgIpc) is 2.86. The van der Waals surface area contributed by atoms with Crippen molar-refractivity contribution in [3.63, 3.8) is 0 Å². The molecule has 0 fully saturated rings. The molecule has 136 valence electrons. The zero-order chi connectivity index (χ0) is 19.1. The minimum atomic E-state index is -4.55. The van der Waals surface area contributed by atoms with Crippen LogP contribution in [0.2, 0.25) is 5.02 Å². The Kier molecular flexibility index (Phi) is 4.71. The summed E-state index contributed by atoms with van der Waals surface area (Å²) in [5, 5.41) is 3.74. The molecule has 1 heterocycles. The molecule has 3 aromatic rings. The van der Waals surface area contributed by atoms with Crippen molar-refractivity contribution in [2.75, 3.05) is 5.32 Å².